The fourth-order valence-corrected chi connectivity index (χ4v) is 3.65. The lowest BCUT2D eigenvalue weighted by Gasteiger charge is -2.07. The van der Waals surface area contributed by atoms with Crippen LogP contribution in [0, 0.1) is 0 Å². The molecule has 1 aromatic carbocycles. The molecule has 3 rings (SSSR count). The van der Waals surface area contributed by atoms with Crippen molar-refractivity contribution >= 4 is 27.3 Å². The topological polar surface area (TPSA) is 48.1 Å². The van der Waals surface area contributed by atoms with Gasteiger partial charge in [-0.2, -0.15) is 0 Å². The Morgan fingerprint density at radius 3 is 2.84 bits per heavy atom. The molecule has 3 nitrogen and oxygen atoms in total. The molecule has 1 saturated carbocycles. The van der Waals surface area contributed by atoms with Crippen molar-refractivity contribution < 1.29 is 4.74 Å². The van der Waals surface area contributed by atoms with Crippen LogP contribution in [0.4, 0.5) is 0 Å². The molecule has 0 atom stereocenters. The molecule has 0 radical (unpaired) electrons. The van der Waals surface area contributed by atoms with Gasteiger partial charge in [-0.3, -0.25) is 0 Å². The van der Waals surface area contributed by atoms with Gasteiger partial charge in [0.05, 0.1) is 17.3 Å². The number of nitrogens with zero attached hydrogens (tertiary/aromatic N) is 1. The second-order valence-electron chi connectivity index (χ2n) is 4.87. The van der Waals surface area contributed by atoms with E-state index in [1.807, 2.05) is 18.2 Å². The summed E-state index contributed by atoms with van der Waals surface area (Å²) in [5, 5.41) is 3.19. The normalized spacial score (nSPS) is 16.4. The molecule has 0 saturated heterocycles. The van der Waals surface area contributed by atoms with Gasteiger partial charge in [0.15, 0.2) is 0 Å². The van der Waals surface area contributed by atoms with Crippen molar-refractivity contribution in [2.24, 2.45) is 5.73 Å². The summed E-state index contributed by atoms with van der Waals surface area (Å²) in [5.41, 5.74) is 8.28. The van der Waals surface area contributed by atoms with Gasteiger partial charge in [-0.1, -0.05) is 0 Å². The zero-order valence-corrected chi connectivity index (χ0v) is 13.1. The lowest BCUT2D eigenvalue weighted by Crippen LogP contribution is -2.19. The number of halogens is 1. The first-order valence-corrected chi connectivity index (χ1v) is 7.86. The Balaban J connectivity index is 1.93. The summed E-state index contributed by atoms with van der Waals surface area (Å²) in [6.07, 6.45) is 2.33. The number of benzene rings is 1. The molecule has 19 heavy (non-hydrogen) atoms. The van der Waals surface area contributed by atoms with Crippen LogP contribution in [0.2, 0.25) is 0 Å². The monoisotopic (exact) mass is 338 g/mol. The van der Waals surface area contributed by atoms with E-state index in [4.69, 9.17) is 15.5 Å². The molecule has 100 valence electrons. The standard InChI is InChI=1S/C14H15BrN2OS/c1-18-11-3-2-9(6-10(11)15)13-17-12(7-19-13)14(8-16)4-5-14/h2-3,6-7H,4-5,8,16H2,1H3. The van der Waals surface area contributed by atoms with Crippen LogP contribution in [0.3, 0.4) is 0 Å². The lowest BCUT2D eigenvalue weighted by molar-refractivity contribution is 0.412. The summed E-state index contributed by atoms with van der Waals surface area (Å²) in [5.74, 6) is 0.834. The highest BCUT2D eigenvalue weighted by atomic mass is 79.9. The van der Waals surface area contributed by atoms with Gasteiger partial charge < -0.3 is 10.5 Å². The molecule has 0 amide bonds. The maximum absolute atomic E-state index is 5.85. The number of thiazole rings is 1. The predicted octanol–water partition coefficient (Wildman–Crippen LogP) is 3.57. The number of methoxy groups -OCH3 is 1. The molecule has 1 aliphatic rings. The van der Waals surface area contributed by atoms with E-state index in [1.165, 1.54) is 12.8 Å². The molecule has 1 fully saturated rings. The van der Waals surface area contributed by atoms with E-state index in [-0.39, 0.29) is 5.41 Å². The second kappa shape index (κ2) is 4.89. The van der Waals surface area contributed by atoms with Crippen molar-refractivity contribution in [2.75, 3.05) is 13.7 Å². The summed E-state index contributed by atoms with van der Waals surface area (Å²) >= 11 is 5.19. The Morgan fingerprint density at radius 1 is 1.47 bits per heavy atom. The molecule has 0 aliphatic heterocycles. The molecule has 1 heterocycles. The first-order valence-electron chi connectivity index (χ1n) is 6.18. The van der Waals surface area contributed by atoms with Crippen LogP contribution in [-0.2, 0) is 5.41 Å². The van der Waals surface area contributed by atoms with E-state index in [9.17, 15) is 0 Å². The number of hydrogen-bond acceptors (Lipinski definition) is 4. The largest absolute Gasteiger partial charge is 0.496 e. The Bertz CT molecular complexity index is 607. The fraction of sp³-hybridized carbons (Fsp3) is 0.357. The molecular weight excluding hydrogens is 324 g/mol. The van der Waals surface area contributed by atoms with Gasteiger partial charge in [-0.05, 0) is 47.0 Å². The van der Waals surface area contributed by atoms with Crippen molar-refractivity contribution in [2.45, 2.75) is 18.3 Å². The van der Waals surface area contributed by atoms with Crippen molar-refractivity contribution in [3.8, 4) is 16.3 Å². The first kappa shape index (κ1) is 13.1. The van der Waals surface area contributed by atoms with Crippen molar-refractivity contribution in [3.63, 3.8) is 0 Å². The average Bonchev–Trinajstić information content (AvgIpc) is 3.08. The van der Waals surface area contributed by atoms with Gasteiger partial charge in [0.2, 0.25) is 0 Å². The van der Waals surface area contributed by atoms with Gasteiger partial charge in [0.25, 0.3) is 0 Å². The van der Waals surface area contributed by atoms with Gasteiger partial charge in [-0.15, -0.1) is 11.3 Å². The zero-order valence-electron chi connectivity index (χ0n) is 10.6. The van der Waals surface area contributed by atoms with E-state index in [1.54, 1.807) is 18.4 Å². The van der Waals surface area contributed by atoms with Crippen LogP contribution in [0.1, 0.15) is 18.5 Å². The number of nitrogens with two attached hydrogens (primary N) is 1. The lowest BCUT2D eigenvalue weighted by atomic mass is 10.0. The molecule has 1 aliphatic carbocycles. The molecule has 0 spiro atoms. The zero-order chi connectivity index (χ0) is 13.5. The fourth-order valence-electron chi connectivity index (χ4n) is 2.17. The van der Waals surface area contributed by atoms with Crippen LogP contribution in [0.5, 0.6) is 5.75 Å². The van der Waals surface area contributed by atoms with Gasteiger partial charge in [0.1, 0.15) is 10.8 Å². The Morgan fingerprint density at radius 2 is 2.26 bits per heavy atom. The van der Waals surface area contributed by atoms with Crippen molar-refractivity contribution in [3.05, 3.63) is 33.7 Å². The first-order chi connectivity index (χ1) is 9.18. The SMILES string of the molecule is COc1ccc(-c2nc(C3(CN)CC3)cs2)cc1Br. The van der Waals surface area contributed by atoms with Gasteiger partial charge >= 0.3 is 0 Å². The van der Waals surface area contributed by atoms with Crippen LogP contribution < -0.4 is 10.5 Å². The highest BCUT2D eigenvalue weighted by Gasteiger charge is 2.44. The van der Waals surface area contributed by atoms with Crippen LogP contribution in [-0.4, -0.2) is 18.6 Å². The molecule has 0 bridgehead atoms. The number of aromatic nitrogens is 1. The number of ether oxygens (including phenoxy) is 1. The Hall–Kier alpha value is -0.910. The molecule has 5 heteroatoms. The third-order valence-corrected chi connectivity index (χ3v) is 5.20. The van der Waals surface area contributed by atoms with Gasteiger partial charge in [0, 0.05) is 22.9 Å². The summed E-state index contributed by atoms with van der Waals surface area (Å²) < 4.78 is 6.19. The van der Waals surface area contributed by atoms with Gasteiger partial charge in [-0.25, -0.2) is 4.98 Å². The molecular formula is C14H15BrN2OS. The van der Waals surface area contributed by atoms with E-state index in [2.05, 4.69) is 21.3 Å². The third kappa shape index (κ3) is 2.30. The summed E-state index contributed by atoms with van der Waals surface area (Å²) in [7, 11) is 1.67. The number of hydrogen-bond donors (Lipinski definition) is 1. The smallest absolute Gasteiger partial charge is 0.133 e. The van der Waals surface area contributed by atoms with Crippen LogP contribution >= 0.6 is 27.3 Å². The van der Waals surface area contributed by atoms with E-state index < -0.39 is 0 Å². The second-order valence-corrected chi connectivity index (χ2v) is 6.58. The summed E-state index contributed by atoms with van der Waals surface area (Å²) in [4.78, 5) is 4.76. The van der Waals surface area contributed by atoms with Crippen molar-refractivity contribution in [1.82, 2.24) is 4.98 Å². The van der Waals surface area contributed by atoms with E-state index >= 15 is 0 Å². The van der Waals surface area contributed by atoms with E-state index in [0.717, 1.165) is 26.5 Å². The third-order valence-electron chi connectivity index (χ3n) is 3.69. The quantitative estimate of drug-likeness (QED) is 0.926. The minimum absolute atomic E-state index is 0.165. The Kier molecular flexibility index (Phi) is 3.37. The van der Waals surface area contributed by atoms with Crippen LogP contribution in [0.15, 0.2) is 28.1 Å². The number of rotatable bonds is 4. The highest BCUT2D eigenvalue weighted by molar-refractivity contribution is 9.10. The molecule has 2 N–H and O–H groups in total. The van der Waals surface area contributed by atoms with Crippen LogP contribution in [0.25, 0.3) is 10.6 Å². The predicted molar refractivity (Wildman–Crippen MR) is 81.8 cm³/mol. The molecule has 0 unspecified atom stereocenters. The molecule has 1 aromatic heterocycles. The maximum Gasteiger partial charge on any atom is 0.133 e. The minimum atomic E-state index is 0.165. The minimum Gasteiger partial charge on any atom is -0.496 e. The Labute approximate surface area is 124 Å². The summed E-state index contributed by atoms with van der Waals surface area (Å²) in [6.45, 7) is 0.697. The maximum atomic E-state index is 5.85. The summed E-state index contributed by atoms with van der Waals surface area (Å²) in [6, 6.07) is 6.04. The average molecular weight is 339 g/mol. The van der Waals surface area contributed by atoms with E-state index in [0.29, 0.717) is 6.54 Å². The highest BCUT2D eigenvalue weighted by Crippen LogP contribution is 2.48. The van der Waals surface area contributed by atoms with Crippen molar-refractivity contribution in [1.29, 1.82) is 0 Å². The molecule has 2 aromatic rings.